The summed E-state index contributed by atoms with van der Waals surface area (Å²) in [7, 11) is 2.74. The zero-order chi connectivity index (χ0) is 13.0. The van der Waals surface area contributed by atoms with E-state index >= 15 is 0 Å². The Morgan fingerprint density at radius 2 is 2.00 bits per heavy atom. The lowest BCUT2D eigenvalue weighted by molar-refractivity contribution is 0.414. The Bertz CT molecular complexity index is 431. The largest absolute Gasteiger partial charge is 0.490 e. The third kappa shape index (κ3) is 2.90. The number of anilines is 2. The first-order valence-electron chi connectivity index (χ1n) is 5.93. The molecular weight excluding hydrogens is 252 g/mol. The van der Waals surface area contributed by atoms with Gasteiger partial charge in [0.1, 0.15) is 6.33 Å². The van der Waals surface area contributed by atoms with Gasteiger partial charge in [-0.25, -0.2) is 9.97 Å². The lowest BCUT2D eigenvalue weighted by Crippen LogP contribution is -2.30. The molecule has 2 heterocycles. The third-order valence-corrected chi connectivity index (χ3v) is 4.36. The van der Waals surface area contributed by atoms with Crippen LogP contribution >= 0.6 is 0 Å². The average Bonchev–Trinajstić information content (AvgIpc) is 2.41. The minimum absolute atomic E-state index is 0.302. The van der Waals surface area contributed by atoms with Crippen LogP contribution in [0.25, 0.3) is 0 Å². The molecule has 0 atom stereocenters. The molecule has 0 radical (unpaired) electrons. The number of rotatable bonds is 4. The predicted molar refractivity (Wildman–Crippen MR) is 72.7 cm³/mol. The van der Waals surface area contributed by atoms with Crippen molar-refractivity contribution < 1.29 is 8.95 Å². The summed E-state index contributed by atoms with van der Waals surface area (Å²) in [4.78, 5) is 8.31. The van der Waals surface area contributed by atoms with Crippen molar-refractivity contribution in [1.82, 2.24) is 9.97 Å². The second-order valence-corrected chi connectivity index (χ2v) is 5.82. The number of nitrogens with one attached hydrogen (secondary N) is 2. The van der Waals surface area contributed by atoms with E-state index in [2.05, 4.69) is 20.6 Å². The molecule has 1 aromatic heterocycles. The second-order valence-electron chi connectivity index (χ2n) is 4.12. The molecule has 1 fully saturated rings. The Morgan fingerprint density at radius 3 is 2.61 bits per heavy atom. The van der Waals surface area contributed by atoms with Crippen molar-refractivity contribution in [2.45, 2.75) is 18.9 Å². The van der Waals surface area contributed by atoms with Crippen LogP contribution in [0.4, 0.5) is 11.6 Å². The zero-order valence-corrected chi connectivity index (χ0v) is 11.4. The molecule has 6 nitrogen and oxygen atoms in total. The topological polar surface area (TPSA) is 76.1 Å². The van der Waals surface area contributed by atoms with Crippen LogP contribution in [-0.2, 0) is 10.8 Å². The fraction of sp³-hybridized carbons (Fsp3) is 0.636. The van der Waals surface area contributed by atoms with E-state index in [4.69, 9.17) is 4.74 Å². The summed E-state index contributed by atoms with van der Waals surface area (Å²) in [6.45, 7) is 0. The van der Waals surface area contributed by atoms with Gasteiger partial charge in [0.15, 0.2) is 11.6 Å². The Morgan fingerprint density at radius 1 is 1.33 bits per heavy atom. The van der Waals surface area contributed by atoms with Crippen LogP contribution < -0.4 is 15.4 Å². The van der Waals surface area contributed by atoms with Crippen LogP contribution in [0.3, 0.4) is 0 Å². The molecule has 1 saturated heterocycles. The van der Waals surface area contributed by atoms with E-state index in [9.17, 15) is 4.21 Å². The maximum atomic E-state index is 11.3. The lowest BCUT2D eigenvalue weighted by Gasteiger charge is -2.24. The highest BCUT2D eigenvalue weighted by Crippen LogP contribution is 2.29. The quantitative estimate of drug-likeness (QED) is 0.845. The van der Waals surface area contributed by atoms with Crippen molar-refractivity contribution in [1.29, 1.82) is 0 Å². The molecule has 2 N–H and O–H groups in total. The Balaban J connectivity index is 2.11. The maximum Gasteiger partial charge on any atom is 0.204 e. The van der Waals surface area contributed by atoms with E-state index in [1.807, 2.05) is 0 Å². The number of hydrogen-bond donors (Lipinski definition) is 2. The smallest absolute Gasteiger partial charge is 0.204 e. The van der Waals surface area contributed by atoms with Crippen molar-refractivity contribution in [2.75, 3.05) is 36.3 Å². The Hall–Kier alpha value is -1.37. The first-order valence-corrected chi connectivity index (χ1v) is 7.41. The SMILES string of the molecule is CNc1ncnc(NC2CCS(=O)CC2)c1OC. The number of methoxy groups -OCH3 is 1. The number of ether oxygens (including phenoxy) is 1. The van der Waals surface area contributed by atoms with Gasteiger partial charge in [-0.1, -0.05) is 0 Å². The molecule has 1 aromatic rings. The zero-order valence-electron chi connectivity index (χ0n) is 10.6. The minimum Gasteiger partial charge on any atom is -0.490 e. The van der Waals surface area contributed by atoms with E-state index in [1.165, 1.54) is 6.33 Å². The summed E-state index contributed by atoms with van der Waals surface area (Å²) in [6, 6.07) is 0.302. The van der Waals surface area contributed by atoms with Gasteiger partial charge in [0.05, 0.1) is 7.11 Å². The van der Waals surface area contributed by atoms with E-state index < -0.39 is 10.8 Å². The van der Waals surface area contributed by atoms with Crippen molar-refractivity contribution >= 4 is 22.4 Å². The van der Waals surface area contributed by atoms with Crippen LogP contribution in [-0.4, -0.2) is 45.9 Å². The average molecular weight is 270 g/mol. The molecule has 0 spiro atoms. The summed E-state index contributed by atoms with van der Waals surface area (Å²) in [6.07, 6.45) is 3.29. The van der Waals surface area contributed by atoms with Crippen molar-refractivity contribution in [2.24, 2.45) is 0 Å². The minimum atomic E-state index is -0.648. The van der Waals surface area contributed by atoms with Crippen LogP contribution in [0, 0.1) is 0 Å². The van der Waals surface area contributed by atoms with Gasteiger partial charge in [0, 0.05) is 35.4 Å². The van der Waals surface area contributed by atoms with Crippen LogP contribution in [0.1, 0.15) is 12.8 Å². The first-order chi connectivity index (χ1) is 8.74. The van der Waals surface area contributed by atoms with Crippen molar-refractivity contribution in [3.8, 4) is 5.75 Å². The summed E-state index contributed by atoms with van der Waals surface area (Å²) >= 11 is 0. The molecule has 18 heavy (non-hydrogen) atoms. The summed E-state index contributed by atoms with van der Waals surface area (Å²) in [5, 5.41) is 6.31. The normalized spacial score (nSPS) is 23.4. The van der Waals surface area contributed by atoms with Gasteiger partial charge in [0.2, 0.25) is 5.75 Å². The molecular formula is C11H18N4O2S. The number of hydrogen-bond acceptors (Lipinski definition) is 6. The molecule has 2 rings (SSSR count). The summed E-state index contributed by atoms with van der Waals surface area (Å²) in [5.41, 5.74) is 0. The lowest BCUT2D eigenvalue weighted by atomic mass is 10.1. The Kier molecular flexibility index (Phi) is 4.35. The highest BCUT2D eigenvalue weighted by molar-refractivity contribution is 7.85. The molecule has 0 aliphatic carbocycles. The predicted octanol–water partition coefficient (Wildman–Crippen LogP) is 0.850. The molecule has 0 unspecified atom stereocenters. The molecule has 0 bridgehead atoms. The number of nitrogens with zero attached hydrogens (tertiary/aromatic N) is 2. The molecule has 0 saturated carbocycles. The van der Waals surface area contributed by atoms with Crippen LogP contribution in [0.2, 0.25) is 0 Å². The van der Waals surface area contributed by atoms with E-state index in [0.29, 0.717) is 23.4 Å². The highest BCUT2D eigenvalue weighted by atomic mass is 32.2. The fourth-order valence-corrected chi connectivity index (χ4v) is 3.28. The van der Waals surface area contributed by atoms with Gasteiger partial charge in [-0.2, -0.15) is 0 Å². The van der Waals surface area contributed by atoms with Crippen LogP contribution in [0.5, 0.6) is 5.75 Å². The van der Waals surface area contributed by atoms with Crippen molar-refractivity contribution in [3.05, 3.63) is 6.33 Å². The molecule has 1 aliphatic rings. The van der Waals surface area contributed by atoms with Gasteiger partial charge >= 0.3 is 0 Å². The van der Waals surface area contributed by atoms with E-state index in [-0.39, 0.29) is 0 Å². The molecule has 100 valence electrons. The number of aromatic nitrogens is 2. The monoisotopic (exact) mass is 270 g/mol. The fourth-order valence-electron chi connectivity index (χ4n) is 1.98. The van der Waals surface area contributed by atoms with Gasteiger partial charge in [-0.15, -0.1) is 0 Å². The summed E-state index contributed by atoms with van der Waals surface area (Å²) < 4.78 is 16.6. The van der Waals surface area contributed by atoms with Gasteiger partial charge in [-0.3, -0.25) is 4.21 Å². The van der Waals surface area contributed by atoms with E-state index in [0.717, 1.165) is 24.3 Å². The van der Waals surface area contributed by atoms with Crippen molar-refractivity contribution in [3.63, 3.8) is 0 Å². The Labute approximate surface area is 109 Å². The van der Waals surface area contributed by atoms with Gasteiger partial charge in [-0.05, 0) is 12.8 Å². The molecule has 1 aliphatic heterocycles. The molecule has 0 amide bonds. The molecule has 0 aromatic carbocycles. The van der Waals surface area contributed by atoms with E-state index in [1.54, 1.807) is 14.2 Å². The van der Waals surface area contributed by atoms with Gasteiger partial charge < -0.3 is 15.4 Å². The molecule has 7 heteroatoms. The van der Waals surface area contributed by atoms with Gasteiger partial charge in [0.25, 0.3) is 0 Å². The maximum absolute atomic E-state index is 11.3. The standard InChI is InChI=1S/C11H18N4O2S/c1-12-10-9(17-2)11(14-7-13-10)15-8-3-5-18(16)6-4-8/h7-8H,3-6H2,1-2H3,(H2,12,13,14,15). The summed E-state index contributed by atoms with van der Waals surface area (Å²) in [5.74, 6) is 3.48. The first kappa shape index (κ1) is 13.1. The highest BCUT2D eigenvalue weighted by Gasteiger charge is 2.20. The van der Waals surface area contributed by atoms with Crippen LogP contribution in [0.15, 0.2) is 6.33 Å². The third-order valence-electron chi connectivity index (χ3n) is 2.97. The second kappa shape index (κ2) is 5.99.